The Hall–Kier alpha value is -2.67. The zero-order valence-corrected chi connectivity index (χ0v) is 16.2. The standard InChI is InChI=1S/C12H15N.C12H14/c1-9(2)13-11(4)12-8-6-5-7-10(12)3;1-9(2)11(4)12-7-5-10(3)6-8-12/h5-8H,4H2,1-3H3;5-8H,1,4H2,2-3H3. The number of nitrogens with zero attached hydrogens (tertiary/aromatic N) is 1. The second-order valence-electron chi connectivity index (χ2n) is 6.45. The van der Waals surface area contributed by atoms with Gasteiger partial charge in [0.05, 0.1) is 5.70 Å². The first-order valence-electron chi connectivity index (χ1n) is 8.41. The van der Waals surface area contributed by atoms with Crippen molar-refractivity contribution in [2.24, 2.45) is 4.99 Å². The second-order valence-corrected chi connectivity index (χ2v) is 6.45. The van der Waals surface area contributed by atoms with Crippen LogP contribution in [-0.4, -0.2) is 5.71 Å². The topological polar surface area (TPSA) is 12.4 Å². The molecule has 0 N–H and O–H groups in total. The molecule has 0 heterocycles. The summed E-state index contributed by atoms with van der Waals surface area (Å²) < 4.78 is 0. The van der Waals surface area contributed by atoms with E-state index >= 15 is 0 Å². The summed E-state index contributed by atoms with van der Waals surface area (Å²) in [6.45, 7) is 21.8. The van der Waals surface area contributed by atoms with Gasteiger partial charge in [0.1, 0.15) is 0 Å². The molecule has 0 radical (unpaired) electrons. The Bertz CT molecular complexity index is 785. The van der Waals surface area contributed by atoms with Gasteiger partial charge in [0, 0.05) is 11.3 Å². The van der Waals surface area contributed by atoms with Crippen LogP contribution in [0.25, 0.3) is 11.3 Å². The Kier molecular flexibility index (Phi) is 7.81. The van der Waals surface area contributed by atoms with E-state index in [4.69, 9.17) is 0 Å². The number of aryl methyl sites for hydroxylation is 2. The maximum atomic E-state index is 4.33. The number of benzene rings is 2. The first kappa shape index (κ1) is 20.4. The molecule has 0 saturated carbocycles. The molecule has 2 aromatic carbocycles. The van der Waals surface area contributed by atoms with E-state index < -0.39 is 0 Å². The van der Waals surface area contributed by atoms with Crippen LogP contribution in [0, 0.1) is 13.8 Å². The van der Waals surface area contributed by atoms with Gasteiger partial charge in [0.15, 0.2) is 0 Å². The number of allylic oxidation sites excluding steroid dienone is 2. The fourth-order valence-corrected chi connectivity index (χ4v) is 2.23. The molecule has 0 bridgehead atoms. The Morgan fingerprint density at radius 1 is 0.800 bits per heavy atom. The van der Waals surface area contributed by atoms with Crippen molar-refractivity contribution in [1.29, 1.82) is 0 Å². The highest BCUT2D eigenvalue weighted by molar-refractivity contribution is 5.85. The molecule has 0 aliphatic rings. The quantitative estimate of drug-likeness (QED) is 0.421. The minimum Gasteiger partial charge on any atom is -0.258 e. The van der Waals surface area contributed by atoms with Crippen molar-refractivity contribution in [1.82, 2.24) is 0 Å². The number of aliphatic imine (C=N–C) groups is 1. The van der Waals surface area contributed by atoms with Crippen molar-refractivity contribution in [2.75, 3.05) is 0 Å². The van der Waals surface area contributed by atoms with Crippen molar-refractivity contribution in [3.8, 4) is 0 Å². The molecule has 0 saturated heterocycles. The van der Waals surface area contributed by atoms with Crippen LogP contribution in [0.2, 0.25) is 0 Å². The molecule has 0 amide bonds. The molecule has 0 spiro atoms. The molecular weight excluding hydrogens is 302 g/mol. The molecule has 2 aromatic rings. The molecule has 1 heteroatoms. The summed E-state index contributed by atoms with van der Waals surface area (Å²) in [4.78, 5) is 4.33. The third-order valence-electron chi connectivity index (χ3n) is 3.73. The van der Waals surface area contributed by atoms with Crippen LogP contribution < -0.4 is 0 Å². The Morgan fingerprint density at radius 2 is 1.36 bits per heavy atom. The summed E-state index contributed by atoms with van der Waals surface area (Å²) >= 11 is 0. The van der Waals surface area contributed by atoms with Crippen molar-refractivity contribution in [2.45, 2.75) is 34.6 Å². The first-order chi connectivity index (χ1) is 11.7. The normalized spacial score (nSPS) is 9.48. The summed E-state index contributed by atoms with van der Waals surface area (Å²) in [5.41, 5.74) is 8.71. The molecule has 0 atom stereocenters. The van der Waals surface area contributed by atoms with Crippen molar-refractivity contribution in [3.63, 3.8) is 0 Å². The van der Waals surface area contributed by atoms with Crippen molar-refractivity contribution in [3.05, 3.63) is 96.1 Å². The molecule has 0 aromatic heterocycles. The minimum absolute atomic E-state index is 0.845. The van der Waals surface area contributed by atoms with Gasteiger partial charge in [-0.2, -0.15) is 0 Å². The Morgan fingerprint density at radius 3 is 1.84 bits per heavy atom. The summed E-state index contributed by atoms with van der Waals surface area (Å²) in [6.07, 6.45) is 0. The van der Waals surface area contributed by atoms with Crippen LogP contribution in [0.1, 0.15) is 43.0 Å². The molecule has 130 valence electrons. The molecule has 0 unspecified atom stereocenters. The molecule has 1 nitrogen and oxygen atoms in total. The van der Waals surface area contributed by atoms with Crippen LogP contribution in [0.5, 0.6) is 0 Å². The second kappa shape index (κ2) is 9.58. The fraction of sp³-hybridized carbons (Fsp3) is 0.208. The lowest BCUT2D eigenvalue weighted by molar-refractivity contribution is 1.39. The third kappa shape index (κ3) is 6.76. The smallest absolute Gasteiger partial charge is 0.0632 e. The van der Waals surface area contributed by atoms with Gasteiger partial charge in [-0.3, -0.25) is 4.99 Å². The lowest BCUT2D eigenvalue weighted by Gasteiger charge is -2.04. The van der Waals surface area contributed by atoms with Gasteiger partial charge in [-0.1, -0.05) is 79.4 Å². The SMILES string of the molecule is C=C(C)C(=C)c1ccc(C)cc1.C=C(N=C(C)C)c1ccccc1C. The number of rotatable bonds is 4. The van der Waals surface area contributed by atoms with E-state index in [1.165, 1.54) is 11.1 Å². The van der Waals surface area contributed by atoms with E-state index in [9.17, 15) is 0 Å². The fourth-order valence-electron chi connectivity index (χ4n) is 2.23. The van der Waals surface area contributed by atoms with E-state index in [1.54, 1.807) is 0 Å². The van der Waals surface area contributed by atoms with Crippen LogP contribution in [-0.2, 0) is 0 Å². The highest BCUT2D eigenvalue weighted by atomic mass is 14.7. The summed E-state index contributed by atoms with van der Waals surface area (Å²) in [6, 6.07) is 16.5. The maximum Gasteiger partial charge on any atom is 0.0632 e. The van der Waals surface area contributed by atoms with Crippen LogP contribution in [0.15, 0.2) is 78.8 Å². The molecule has 25 heavy (non-hydrogen) atoms. The van der Waals surface area contributed by atoms with Crippen molar-refractivity contribution < 1.29 is 0 Å². The van der Waals surface area contributed by atoms with E-state index in [-0.39, 0.29) is 0 Å². The lowest BCUT2D eigenvalue weighted by Crippen LogP contribution is -1.87. The lowest BCUT2D eigenvalue weighted by atomic mass is 10.0. The highest BCUT2D eigenvalue weighted by Gasteiger charge is 1.99. The third-order valence-corrected chi connectivity index (χ3v) is 3.73. The number of hydrogen-bond donors (Lipinski definition) is 0. The average Bonchev–Trinajstić information content (AvgIpc) is 2.55. The van der Waals surface area contributed by atoms with Gasteiger partial charge in [-0.05, 0) is 51.3 Å². The monoisotopic (exact) mass is 331 g/mol. The van der Waals surface area contributed by atoms with E-state index in [0.717, 1.165) is 33.7 Å². The predicted molar refractivity (Wildman–Crippen MR) is 114 cm³/mol. The van der Waals surface area contributed by atoms with E-state index in [0.29, 0.717) is 0 Å². The zero-order chi connectivity index (χ0) is 19.0. The Labute approximate surface area is 153 Å². The highest BCUT2D eigenvalue weighted by Crippen LogP contribution is 2.19. The van der Waals surface area contributed by atoms with E-state index in [2.05, 4.69) is 68.9 Å². The van der Waals surface area contributed by atoms with Gasteiger partial charge < -0.3 is 0 Å². The molecular formula is C24H29N. The van der Waals surface area contributed by atoms with Gasteiger partial charge in [-0.15, -0.1) is 0 Å². The van der Waals surface area contributed by atoms with Gasteiger partial charge >= 0.3 is 0 Å². The van der Waals surface area contributed by atoms with Gasteiger partial charge in [0.25, 0.3) is 0 Å². The van der Waals surface area contributed by atoms with Crippen LogP contribution in [0.3, 0.4) is 0 Å². The molecule has 0 fully saturated rings. The summed E-state index contributed by atoms with van der Waals surface area (Å²) in [5, 5.41) is 0. The van der Waals surface area contributed by atoms with E-state index in [1.807, 2.05) is 39.0 Å². The summed E-state index contributed by atoms with van der Waals surface area (Å²) in [7, 11) is 0. The molecule has 0 aliphatic heterocycles. The van der Waals surface area contributed by atoms with Crippen LogP contribution in [0.4, 0.5) is 0 Å². The average molecular weight is 332 g/mol. The van der Waals surface area contributed by atoms with Crippen LogP contribution >= 0.6 is 0 Å². The summed E-state index contributed by atoms with van der Waals surface area (Å²) in [5.74, 6) is 0. The first-order valence-corrected chi connectivity index (χ1v) is 8.41. The molecule has 0 aliphatic carbocycles. The number of hydrogen-bond acceptors (Lipinski definition) is 1. The predicted octanol–water partition coefficient (Wildman–Crippen LogP) is 7.03. The largest absolute Gasteiger partial charge is 0.258 e. The Balaban J connectivity index is 0.000000251. The van der Waals surface area contributed by atoms with Crippen molar-refractivity contribution >= 4 is 17.0 Å². The maximum absolute atomic E-state index is 4.33. The van der Waals surface area contributed by atoms with Gasteiger partial charge in [0.2, 0.25) is 0 Å². The minimum atomic E-state index is 0.845. The van der Waals surface area contributed by atoms with Gasteiger partial charge in [-0.25, -0.2) is 0 Å². The molecule has 2 rings (SSSR count). The zero-order valence-electron chi connectivity index (χ0n) is 16.2.